The van der Waals surface area contributed by atoms with Crippen LogP contribution in [-0.4, -0.2) is 39.3 Å². The van der Waals surface area contributed by atoms with Gasteiger partial charge in [-0.15, -0.1) is 0 Å². The maximum absolute atomic E-state index is 8.28. The molecule has 0 rings (SSSR count). The molecule has 0 aliphatic carbocycles. The molecule has 0 aliphatic heterocycles. The molecule has 0 atom stereocenters. The summed E-state index contributed by atoms with van der Waals surface area (Å²) in [5.74, 6) is 0. The van der Waals surface area contributed by atoms with Gasteiger partial charge < -0.3 is 2.85 Å². The summed E-state index contributed by atoms with van der Waals surface area (Å²) in [5, 5.41) is 0. The first-order chi connectivity index (χ1) is 1.00. The minimum absolute atomic E-state index is 0. The van der Waals surface area contributed by atoms with E-state index in [-0.39, 0.29) is 43.3 Å². The van der Waals surface area contributed by atoms with Crippen molar-refractivity contribution in [3.63, 3.8) is 0 Å². The summed E-state index contributed by atoms with van der Waals surface area (Å²) in [6, 6.07) is 0. The third-order valence-electron chi connectivity index (χ3n) is 0. The van der Waals surface area contributed by atoms with Crippen molar-refractivity contribution in [2.75, 3.05) is 0 Å². The summed E-state index contributed by atoms with van der Waals surface area (Å²) in [4.78, 5) is 0. The Balaban J connectivity index is -0.000000000833. The van der Waals surface area contributed by atoms with Crippen molar-refractivity contribution < 1.29 is 24.0 Å². The van der Waals surface area contributed by atoms with E-state index in [1.165, 1.54) is 0 Å². The molecular formula is H3AlCrMgO. The normalized spacial score (nSPS) is 0.750. The molecule has 0 N–H and O–H groups in total. The third kappa shape index (κ3) is 9.45. The monoisotopic (exact) mass is 122 g/mol. The van der Waals surface area contributed by atoms with Gasteiger partial charge in [0.05, 0.1) is 0 Å². The summed E-state index contributed by atoms with van der Waals surface area (Å²) >= 11 is 0.611. The molecule has 1 nitrogen and oxygen atoms in total. The van der Waals surface area contributed by atoms with Crippen molar-refractivity contribution in [1.82, 2.24) is 0 Å². The van der Waals surface area contributed by atoms with Crippen LogP contribution in [0.5, 0.6) is 0 Å². The molecule has 0 aromatic rings. The van der Waals surface area contributed by atoms with Crippen molar-refractivity contribution in [2.45, 2.75) is 0 Å². The second-order valence-corrected chi connectivity index (χ2v) is 0. The molecule has 0 bridgehead atoms. The Morgan fingerprint density at radius 2 is 1.50 bits per heavy atom. The Morgan fingerprint density at radius 3 is 1.50 bits per heavy atom. The zero-order valence-electron chi connectivity index (χ0n) is 4.23. The maximum atomic E-state index is 8.28. The molecule has 0 radical (unpaired) electrons. The number of rotatable bonds is 0. The van der Waals surface area contributed by atoms with Gasteiger partial charge in [0.1, 0.15) is 0 Å². The van der Waals surface area contributed by atoms with Gasteiger partial charge in [0.25, 0.3) is 0 Å². The van der Waals surface area contributed by atoms with Crippen LogP contribution in [0.15, 0.2) is 0 Å². The van der Waals surface area contributed by atoms with Gasteiger partial charge in [-0.1, -0.05) is 0 Å². The molecule has 0 aliphatic rings. The molecule has 20 valence electrons. The molecule has 0 saturated carbocycles. The standard InChI is InChI=1S/Al.Cr.Mg.O.3H/q;;+2;;;2*-1. The average molecular weight is 122 g/mol. The first-order valence-electron chi connectivity index (χ1n) is 0.289. The van der Waals surface area contributed by atoms with Crippen molar-refractivity contribution in [3.05, 3.63) is 0 Å². The summed E-state index contributed by atoms with van der Waals surface area (Å²) < 4.78 is 8.28. The van der Waals surface area contributed by atoms with Crippen LogP contribution in [0.2, 0.25) is 0 Å². The van der Waals surface area contributed by atoms with Gasteiger partial charge in [-0.05, 0) is 0 Å². The third-order valence-corrected chi connectivity index (χ3v) is 0. The molecule has 0 aromatic heterocycles. The van der Waals surface area contributed by atoms with Crippen LogP contribution in [-0.2, 0) is 21.2 Å². The van der Waals surface area contributed by atoms with Crippen LogP contribution >= 0.6 is 0 Å². The van der Waals surface area contributed by atoms with E-state index < -0.39 is 0 Å². The molecule has 0 aromatic carbocycles. The minimum atomic E-state index is 0. The second-order valence-electron chi connectivity index (χ2n) is 0. The van der Waals surface area contributed by atoms with Gasteiger partial charge in [-0.25, -0.2) is 0 Å². The summed E-state index contributed by atoms with van der Waals surface area (Å²) in [6.07, 6.45) is 0. The van der Waals surface area contributed by atoms with Crippen molar-refractivity contribution in [3.8, 4) is 0 Å². The average Bonchev–Trinajstić information content (AvgIpc) is 1.00. The Hall–Kier alpha value is 1.63. The van der Waals surface area contributed by atoms with Gasteiger partial charge >= 0.3 is 43.1 Å². The van der Waals surface area contributed by atoms with Crippen LogP contribution in [0.1, 0.15) is 2.85 Å². The second kappa shape index (κ2) is 23.0. The fourth-order valence-electron chi connectivity index (χ4n) is 0. The quantitative estimate of drug-likeness (QED) is 0.380. The van der Waals surface area contributed by atoms with E-state index in [0.717, 1.165) is 0 Å². The van der Waals surface area contributed by atoms with Crippen LogP contribution in [0.4, 0.5) is 0 Å². The zero-order chi connectivity index (χ0) is 2.00. The number of hydrogen-bond acceptors (Lipinski definition) is 1. The van der Waals surface area contributed by atoms with Gasteiger partial charge in [0, 0.05) is 17.4 Å². The van der Waals surface area contributed by atoms with Crippen molar-refractivity contribution >= 4 is 39.3 Å². The molecule has 0 spiro atoms. The van der Waals surface area contributed by atoms with Gasteiger partial charge in [-0.3, -0.25) is 0 Å². The molecular weight excluding hydrogens is 119 g/mol. The molecule has 0 fully saturated rings. The first-order valence-corrected chi connectivity index (χ1v) is 0.866. The van der Waals surface area contributed by atoms with Gasteiger partial charge in [0.2, 0.25) is 0 Å². The van der Waals surface area contributed by atoms with E-state index in [1.54, 1.807) is 0 Å². The number of hydrogen-bond donors (Lipinski definition) is 0. The topological polar surface area (TPSA) is 17.1 Å². The molecule has 0 amide bonds. The molecule has 0 unspecified atom stereocenters. The molecule has 0 saturated heterocycles. The van der Waals surface area contributed by atoms with Crippen LogP contribution in [0, 0.1) is 0 Å². The summed E-state index contributed by atoms with van der Waals surface area (Å²) in [5.41, 5.74) is 0. The fraction of sp³-hybridized carbons (Fsp3) is 0. The van der Waals surface area contributed by atoms with Gasteiger partial charge in [-0.2, -0.15) is 0 Å². The fourth-order valence-corrected chi connectivity index (χ4v) is 0. The SMILES string of the molecule is [Cr].[H-].[H-].[Mg+2].[O]=[AlH]. The molecule has 0 heterocycles. The van der Waals surface area contributed by atoms with E-state index in [4.69, 9.17) is 3.80 Å². The zero-order valence-corrected chi connectivity index (χ0v) is 6.33. The van der Waals surface area contributed by atoms with E-state index in [0.29, 0.717) is 16.2 Å². The first kappa shape index (κ1) is 17.4. The predicted octanol–water partition coefficient (Wildman–Crippen LogP) is -0.926. The van der Waals surface area contributed by atoms with Crippen molar-refractivity contribution in [2.24, 2.45) is 0 Å². The summed E-state index contributed by atoms with van der Waals surface area (Å²) in [6.45, 7) is 0. The Labute approximate surface area is 63.0 Å². The van der Waals surface area contributed by atoms with Crippen LogP contribution in [0.3, 0.4) is 0 Å². The molecule has 4 heteroatoms. The predicted molar refractivity (Wildman–Crippen MR) is 15.8 cm³/mol. The van der Waals surface area contributed by atoms with Crippen LogP contribution in [0.25, 0.3) is 0 Å². The van der Waals surface area contributed by atoms with E-state index in [9.17, 15) is 0 Å². The van der Waals surface area contributed by atoms with E-state index in [2.05, 4.69) is 0 Å². The van der Waals surface area contributed by atoms with Crippen molar-refractivity contribution in [1.29, 1.82) is 0 Å². The Kier molecular flexibility index (Phi) is 100. The summed E-state index contributed by atoms with van der Waals surface area (Å²) in [7, 11) is 0. The molecule has 4 heavy (non-hydrogen) atoms. The Morgan fingerprint density at radius 1 is 1.50 bits per heavy atom. The van der Waals surface area contributed by atoms with Gasteiger partial charge in [0.15, 0.2) is 0 Å². The van der Waals surface area contributed by atoms with E-state index in [1.807, 2.05) is 0 Å². The van der Waals surface area contributed by atoms with Crippen LogP contribution < -0.4 is 0 Å². The Bertz CT molecular complexity index is 13.5. The van der Waals surface area contributed by atoms with E-state index >= 15 is 0 Å².